The predicted molar refractivity (Wildman–Crippen MR) is 161 cm³/mol. The zero-order valence-electron chi connectivity index (χ0n) is 23.5. The van der Waals surface area contributed by atoms with E-state index in [1.165, 1.54) is 0 Å². The average Bonchev–Trinajstić information content (AvgIpc) is 3.78. The second kappa shape index (κ2) is 12.3. The smallest absolute Gasteiger partial charge is 0.247 e. The highest BCUT2D eigenvalue weighted by atomic mass is 16.5. The molecule has 0 radical (unpaired) electrons. The minimum absolute atomic E-state index is 0.117. The Hall–Kier alpha value is -4.27. The van der Waals surface area contributed by atoms with Gasteiger partial charge in [0, 0.05) is 23.1 Å². The van der Waals surface area contributed by atoms with Gasteiger partial charge in [-0.3, -0.25) is 14.8 Å². The number of hydrogen-bond acceptors (Lipinski definition) is 6. The average molecular weight is 565 g/mol. The summed E-state index contributed by atoms with van der Waals surface area (Å²) in [5.41, 5.74) is 5.74. The number of hydrogen-bond donors (Lipinski definition) is 4. The lowest BCUT2D eigenvalue weighted by atomic mass is 9.91. The first kappa shape index (κ1) is 27.9. The van der Waals surface area contributed by atoms with E-state index in [4.69, 9.17) is 9.72 Å². The van der Waals surface area contributed by atoms with E-state index in [-0.39, 0.29) is 5.91 Å². The molecule has 4 N–H and O–H groups in total. The zero-order valence-corrected chi connectivity index (χ0v) is 23.5. The van der Waals surface area contributed by atoms with Crippen molar-refractivity contribution in [3.8, 4) is 17.0 Å². The maximum Gasteiger partial charge on any atom is 0.247 e. The fraction of sp³-hybridized carbons (Fsp3) is 0.324. The fourth-order valence-electron chi connectivity index (χ4n) is 6.10. The Morgan fingerprint density at radius 2 is 1.71 bits per heavy atom. The first-order valence-corrected chi connectivity index (χ1v) is 14.6. The molecule has 1 aromatic heterocycles. The van der Waals surface area contributed by atoms with Gasteiger partial charge in [0.25, 0.3) is 0 Å². The van der Waals surface area contributed by atoms with Gasteiger partial charge in [-0.05, 0) is 74.5 Å². The number of rotatable bonds is 10. The largest absolute Gasteiger partial charge is 0.489 e. The molecule has 2 heterocycles. The van der Waals surface area contributed by atoms with Gasteiger partial charge in [0.2, 0.25) is 11.8 Å². The molecule has 2 amide bonds. The van der Waals surface area contributed by atoms with Crippen molar-refractivity contribution >= 4 is 22.7 Å². The number of para-hydroxylation sites is 1. The van der Waals surface area contributed by atoms with E-state index >= 15 is 0 Å². The van der Waals surface area contributed by atoms with Crippen LogP contribution in [0.15, 0.2) is 84.9 Å². The van der Waals surface area contributed by atoms with Crippen LogP contribution in [0.2, 0.25) is 0 Å². The Labute approximate surface area is 245 Å². The van der Waals surface area contributed by atoms with E-state index in [9.17, 15) is 14.8 Å². The summed E-state index contributed by atoms with van der Waals surface area (Å²) in [4.78, 5) is 30.5. The molecule has 2 atom stereocenters. The fourth-order valence-corrected chi connectivity index (χ4v) is 6.10. The van der Waals surface area contributed by atoms with Gasteiger partial charge in [-0.2, -0.15) is 0 Å². The summed E-state index contributed by atoms with van der Waals surface area (Å²) < 4.78 is 6.21. The number of aromatic nitrogens is 1. The Kier molecular flexibility index (Phi) is 8.17. The molecule has 2 fully saturated rings. The van der Waals surface area contributed by atoms with Crippen molar-refractivity contribution in [2.75, 3.05) is 19.6 Å². The molecule has 8 heteroatoms. The third-order valence-corrected chi connectivity index (χ3v) is 8.67. The first-order valence-electron chi connectivity index (χ1n) is 14.6. The van der Waals surface area contributed by atoms with E-state index < -0.39 is 17.2 Å². The molecule has 6 rings (SSSR count). The zero-order chi connectivity index (χ0) is 28.9. The molecule has 1 aliphatic carbocycles. The topological polar surface area (TPSA) is 113 Å². The maximum atomic E-state index is 13.4. The number of benzene rings is 3. The van der Waals surface area contributed by atoms with Crippen molar-refractivity contribution in [3.63, 3.8) is 0 Å². The van der Waals surface area contributed by atoms with Crippen LogP contribution in [0.25, 0.3) is 22.2 Å². The summed E-state index contributed by atoms with van der Waals surface area (Å²) in [6.07, 6.45) is 2.88. The van der Waals surface area contributed by atoms with Crippen LogP contribution in [0.1, 0.15) is 30.4 Å². The second-order valence-corrected chi connectivity index (χ2v) is 11.5. The number of fused-ring (bicyclic) bond motifs is 1. The SMILES string of the molecule is O=C(NO)C1CC1(Cc1ccc(OCc2cc(-c3ccccc3)nc3ccccc23)cc1)C(=O)NCC1CCNCC1. The number of piperidine rings is 1. The molecule has 1 aliphatic heterocycles. The van der Waals surface area contributed by atoms with Crippen LogP contribution in [-0.4, -0.2) is 41.6 Å². The molecule has 42 heavy (non-hydrogen) atoms. The number of carbonyl (C=O) groups is 2. The number of amides is 2. The normalized spacial score (nSPS) is 20.2. The van der Waals surface area contributed by atoms with Crippen LogP contribution in [0.5, 0.6) is 5.75 Å². The standard InChI is InChI=1S/C34H36N4O4/c39-32(38-41)29-20-34(29,33(40)36-21-24-14-16-35-17-15-24)19-23-10-12-27(13-11-23)42-22-26-18-31(25-6-2-1-3-7-25)37-30-9-5-4-8-28(26)30/h1-13,18,24,29,35,41H,14-17,19-22H2,(H,36,40)(H,38,39). The highest BCUT2D eigenvalue weighted by Gasteiger charge is 2.63. The predicted octanol–water partition coefficient (Wildman–Crippen LogP) is 4.65. The van der Waals surface area contributed by atoms with Gasteiger partial charge in [-0.25, -0.2) is 10.5 Å². The number of nitrogens with zero attached hydrogens (tertiary/aromatic N) is 1. The van der Waals surface area contributed by atoms with E-state index in [1.807, 2.05) is 60.7 Å². The molecule has 216 valence electrons. The van der Waals surface area contributed by atoms with Crippen molar-refractivity contribution in [1.82, 2.24) is 21.1 Å². The van der Waals surface area contributed by atoms with Crippen LogP contribution < -0.4 is 20.9 Å². The van der Waals surface area contributed by atoms with Gasteiger partial charge < -0.3 is 15.4 Å². The number of hydroxylamine groups is 1. The molecule has 0 spiro atoms. The molecule has 4 aromatic rings. The van der Waals surface area contributed by atoms with Crippen molar-refractivity contribution in [2.24, 2.45) is 17.3 Å². The van der Waals surface area contributed by atoms with E-state index in [0.29, 0.717) is 37.7 Å². The highest BCUT2D eigenvalue weighted by molar-refractivity contribution is 5.95. The van der Waals surface area contributed by atoms with Crippen LogP contribution in [0.4, 0.5) is 0 Å². The van der Waals surface area contributed by atoms with Crippen LogP contribution in [-0.2, 0) is 22.6 Å². The summed E-state index contributed by atoms with van der Waals surface area (Å²) in [6, 6.07) is 28.0. The second-order valence-electron chi connectivity index (χ2n) is 11.5. The third-order valence-electron chi connectivity index (χ3n) is 8.67. The molecule has 2 unspecified atom stereocenters. The summed E-state index contributed by atoms with van der Waals surface area (Å²) >= 11 is 0. The first-order chi connectivity index (χ1) is 20.6. The number of nitrogens with one attached hydrogen (secondary N) is 3. The van der Waals surface area contributed by atoms with Gasteiger partial charge in [-0.15, -0.1) is 0 Å². The lowest BCUT2D eigenvalue weighted by Gasteiger charge is -2.24. The minimum atomic E-state index is -0.855. The molecule has 8 nitrogen and oxygen atoms in total. The molecular weight excluding hydrogens is 528 g/mol. The molecular formula is C34H36N4O4. The lowest BCUT2D eigenvalue weighted by molar-refractivity contribution is -0.135. The number of pyridine rings is 1. The van der Waals surface area contributed by atoms with Crippen molar-refractivity contribution in [1.29, 1.82) is 0 Å². The summed E-state index contributed by atoms with van der Waals surface area (Å²) in [7, 11) is 0. The minimum Gasteiger partial charge on any atom is -0.489 e. The van der Waals surface area contributed by atoms with E-state index in [2.05, 4.69) is 34.9 Å². The molecule has 3 aromatic carbocycles. The lowest BCUT2D eigenvalue weighted by Crippen LogP contribution is -2.41. The summed E-state index contributed by atoms with van der Waals surface area (Å²) in [5.74, 6) is -0.0232. The molecule has 1 saturated carbocycles. The molecule has 1 saturated heterocycles. The van der Waals surface area contributed by atoms with Crippen LogP contribution >= 0.6 is 0 Å². The highest BCUT2D eigenvalue weighted by Crippen LogP contribution is 2.55. The van der Waals surface area contributed by atoms with Gasteiger partial charge in [0.05, 0.1) is 22.5 Å². The molecule has 0 bridgehead atoms. The quantitative estimate of drug-likeness (QED) is 0.165. The van der Waals surface area contributed by atoms with Crippen LogP contribution in [0, 0.1) is 17.3 Å². The monoisotopic (exact) mass is 564 g/mol. The van der Waals surface area contributed by atoms with Gasteiger partial charge in [0.15, 0.2) is 0 Å². The van der Waals surface area contributed by atoms with E-state index in [0.717, 1.165) is 59.2 Å². The van der Waals surface area contributed by atoms with Crippen molar-refractivity contribution in [2.45, 2.75) is 32.3 Å². The summed E-state index contributed by atoms with van der Waals surface area (Å²) in [5, 5.41) is 16.7. The van der Waals surface area contributed by atoms with Crippen molar-refractivity contribution in [3.05, 3.63) is 96.1 Å². The Morgan fingerprint density at radius 3 is 2.48 bits per heavy atom. The van der Waals surface area contributed by atoms with Gasteiger partial charge in [-0.1, -0.05) is 60.7 Å². The van der Waals surface area contributed by atoms with E-state index in [1.54, 1.807) is 5.48 Å². The third kappa shape index (κ3) is 6.00. The Morgan fingerprint density at radius 1 is 0.976 bits per heavy atom. The number of ether oxygens (including phenoxy) is 1. The Bertz CT molecular complexity index is 1550. The summed E-state index contributed by atoms with van der Waals surface area (Å²) in [6.45, 7) is 2.91. The van der Waals surface area contributed by atoms with Crippen LogP contribution in [0.3, 0.4) is 0 Å². The van der Waals surface area contributed by atoms with Gasteiger partial charge >= 0.3 is 0 Å². The Balaban J connectivity index is 1.14. The number of carbonyl (C=O) groups excluding carboxylic acids is 2. The molecule has 2 aliphatic rings. The van der Waals surface area contributed by atoms with Crippen molar-refractivity contribution < 1.29 is 19.5 Å². The van der Waals surface area contributed by atoms with Gasteiger partial charge in [0.1, 0.15) is 12.4 Å². The maximum absolute atomic E-state index is 13.4.